The molecule has 0 bridgehead atoms. The van der Waals surface area contributed by atoms with E-state index in [1.54, 1.807) is 12.4 Å². The Labute approximate surface area is 143 Å². The number of piperidine rings is 1. The first-order chi connectivity index (χ1) is 11.7. The smallest absolute Gasteiger partial charge is 0.271 e. The lowest BCUT2D eigenvalue weighted by Crippen LogP contribution is -2.32. The van der Waals surface area contributed by atoms with E-state index >= 15 is 0 Å². The number of amides is 1. The fraction of sp³-hybridized carbons (Fsp3) is 0.421. The van der Waals surface area contributed by atoms with Crippen molar-refractivity contribution < 1.29 is 4.79 Å². The third-order valence-electron chi connectivity index (χ3n) is 4.47. The van der Waals surface area contributed by atoms with Crippen LogP contribution in [0.1, 0.15) is 40.5 Å². The molecule has 1 atom stereocenters. The second-order valence-corrected chi connectivity index (χ2v) is 6.42. The van der Waals surface area contributed by atoms with Gasteiger partial charge in [-0.15, -0.1) is 0 Å². The van der Waals surface area contributed by atoms with Gasteiger partial charge in [0.1, 0.15) is 5.69 Å². The molecule has 2 aromatic rings. The third kappa shape index (κ3) is 4.38. The van der Waals surface area contributed by atoms with Gasteiger partial charge in [-0.3, -0.25) is 9.78 Å². The van der Waals surface area contributed by atoms with E-state index in [0.29, 0.717) is 18.2 Å². The predicted molar refractivity (Wildman–Crippen MR) is 94.0 cm³/mol. The third-order valence-corrected chi connectivity index (χ3v) is 4.47. The van der Waals surface area contributed by atoms with Gasteiger partial charge >= 0.3 is 0 Å². The van der Waals surface area contributed by atoms with Gasteiger partial charge < -0.3 is 10.2 Å². The van der Waals surface area contributed by atoms with Gasteiger partial charge in [-0.05, 0) is 38.4 Å². The van der Waals surface area contributed by atoms with E-state index in [-0.39, 0.29) is 5.91 Å². The molecule has 1 aliphatic heterocycles. The molecule has 1 N–H and O–H groups in total. The summed E-state index contributed by atoms with van der Waals surface area (Å²) in [6, 6.07) is 10.1. The van der Waals surface area contributed by atoms with E-state index in [1.165, 1.54) is 5.56 Å². The lowest BCUT2D eigenvalue weighted by Gasteiger charge is -2.29. The van der Waals surface area contributed by atoms with Crippen LogP contribution in [0.15, 0.2) is 42.7 Å². The topological polar surface area (TPSA) is 58.1 Å². The van der Waals surface area contributed by atoms with Crippen molar-refractivity contribution in [3.63, 3.8) is 0 Å². The Balaban J connectivity index is 1.57. The summed E-state index contributed by atoms with van der Waals surface area (Å²) in [6.45, 7) is 2.71. The van der Waals surface area contributed by atoms with Crippen molar-refractivity contribution in [2.24, 2.45) is 0 Å². The fourth-order valence-corrected chi connectivity index (χ4v) is 3.15. The van der Waals surface area contributed by atoms with E-state index in [1.807, 2.05) is 18.2 Å². The van der Waals surface area contributed by atoms with Crippen LogP contribution >= 0.6 is 0 Å². The molecule has 126 valence electrons. The van der Waals surface area contributed by atoms with Gasteiger partial charge in [0.25, 0.3) is 5.91 Å². The average molecular weight is 324 g/mol. The quantitative estimate of drug-likeness (QED) is 0.916. The van der Waals surface area contributed by atoms with Gasteiger partial charge in [0.2, 0.25) is 0 Å². The van der Waals surface area contributed by atoms with Crippen molar-refractivity contribution in [3.05, 3.63) is 59.7 Å². The van der Waals surface area contributed by atoms with Crippen molar-refractivity contribution in [3.8, 4) is 0 Å². The molecule has 24 heavy (non-hydrogen) atoms. The molecule has 0 unspecified atom stereocenters. The summed E-state index contributed by atoms with van der Waals surface area (Å²) in [5.74, 6) is 0.220. The minimum Gasteiger partial charge on any atom is -0.350 e. The number of carbonyl (C=O) groups excluding carboxylic acids is 1. The van der Waals surface area contributed by atoms with E-state index in [0.717, 1.165) is 38.0 Å². The van der Waals surface area contributed by atoms with Crippen molar-refractivity contribution >= 4 is 5.91 Å². The minimum atomic E-state index is -0.149. The minimum absolute atomic E-state index is 0.149. The van der Waals surface area contributed by atoms with Crippen LogP contribution < -0.4 is 5.32 Å². The zero-order chi connectivity index (χ0) is 16.8. The molecule has 5 nitrogen and oxygen atoms in total. The first-order valence-electron chi connectivity index (χ1n) is 8.55. The molecule has 1 amide bonds. The zero-order valence-corrected chi connectivity index (χ0v) is 14.1. The Bertz CT molecular complexity index is 674. The molecule has 0 aliphatic carbocycles. The SMILES string of the molecule is CN1CCC[C@H](c2cncc(C(=O)NCCc3ccccc3)n2)C1. The molecule has 1 saturated heterocycles. The summed E-state index contributed by atoms with van der Waals surface area (Å²) in [7, 11) is 2.12. The average Bonchev–Trinajstić information content (AvgIpc) is 2.63. The van der Waals surface area contributed by atoms with E-state index in [2.05, 4.69) is 39.4 Å². The van der Waals surface area contributed by atoms with E-state index in [9.17, 15) is 4.79 Å². The summed E-state index contributed by atoms with van der Waals surface area (Å²) < 4.78 is 0. The van der Waals surface area contributed by atoms with Gasteiger partial charge in [-0.25, -0.2) is 4.98 Å². The Morgan fingerprint density at radius 2 is 2.12 bits per heavy atom. The first-order valence-corrected chi connectivity index (χ1v) is 8.55. The summed E-state index contributed by atoms with van der Waals surface area (Å²) in [5.41, 5.74) is 2.55. The highest BCUT2D eigenvalue weighted by molar-refractivity contribution is 5.91. The molecule has 1 aromatic carbocycles. The molecule has 5 heteroatoms. The Kier molecular flexibility index (Phi) is 5.54. The Morgan fingerprint density at radius 3 is 2.92 bits per heavy atom. The molecule has 0 saturated carbocycles. The van der Waals surface area contributed by atoms with Crippen LogP contribution in [0.3, 0.4) is 0 Å². The molecule has 2 heterocycles. The fourth-order valence-electron chi connectivity index (χ4n) is 3.15. The number of rotatable bonds is 5. The molecule has 1 aliphatic rings. The molecule has 1 fully saturated rings. The largest absolute Gasteiger partial charge is 0.350 e. The number of likely N-dealkylation sites (tertiary alicyclic amines) is 1. The van der Waals surface area contributed by atoms with E-state index in [4.69, 9.17) is 0 Å². The number of nitrogens with zero attached hydrogens (tertiary/aromatic N) is 3. The highest BCUT2D eigenvalue weighted by Crippen LogP contribution is 2.24. The van der Waals surface area contributed by atoms with Gasteiger partial charge in [0.15, 0.2) is 0 Å². The van der Waals surface area contributed by atoms with Crippen LogP contribution in [0.2, 0.25) is 0 Å². The predicted octanol–water partition coefficient (Wildman–Crippen LogP) is 2.26. The van der Waals surface area contributed by atoms with E-state index < -0.39 is 0 Å². The number of nitrogens with one attached hydrogen (secondary N) is 1. The zero-order valence-electron chi connectivity index (χ0n) is 14.1. The van der Waals surface area contributed by atoms with Crippen molar-refractivity contribution in [1.82, 2.24) is 20.2 Å². The maximum absolute atomic E-state index is 12.3. The van der Waals surface area contributed by atoms with Crippen LogP contribution in [-0.2, 0) is 6.42 Å². The lowest BCUT2D eigenvalue weighted by atomic mass is 9.95. The number of benzene rings is 1. The summed E-state index contributed by atoms with van der Waals surface area (Å²) in [6.07, 6.45) is 6.43. The normalized spacial score (nSPS) is 18.3. The van der Waals surface area contributed by atoms with Crippen LogP contribution in [0.4, 0.5) is 0 Å². The second-order valence-electron chi connectivity index (χ2n) is 6.42. The second kappa shape index (κ2) is 8.02. The van der Waals surface area contributed by atoms with Crippen LogP contribution in [-0.4, -0.2) is 47.5 Å². The van der Waals surface area contributed by atoms with Crippen LogP contribution in [0, 0.1) is 0 Å². The highest BCUT2D eigenvalue weighted by atomic mass is 16.1. The number of aromatic nitrogens is 2. The Hall–Kier alpha value is -2.27. The highest BCUT2D eigenvalue weighted by Gasteiger charge is 2.21. The summed E-state index contributed by atoms with van der Waals surface area (Å²) >= 11 is 0. The molecule has 0 spiro atoms. The van der Waals surface area contributed by atoms with Crippen LogP contribution in [0.5, 0.6) is 0 Å². The molecular weight excluding hydrogens is 300 g/mol. The van der Waals surface area contributed by atoms with Gasteiger partial charge in [-0.1, -0.05) is 30.3 Å². The summed E-state index contributed by atoms with van der Waals surface area (Å²) in [4.78, 5) is 23.4. The first kappa shape index (κ1) is 16.6. The van der Waals surface area contributed by atoms with Crippen molar-refractivity contribution in [2.75, 3.05) is 26.7 Å². The number of carbonyl (C=O) groups is 1. The number of hydrogen-bond acceptors (Lipinski definition) is 4. The molecular formula is C19H24N4O. The maximum atomic E-state index is 12.3. The van der Waals surface area contributed by atoms with Crippen LogP contribution in [0.25, 0.3) is 0 Å². The maximum Gasteiger partial charge on any atom is 0.271 e. The number of likely N-dealkylation sites (N-methyl/N-ethyl adjacent to an activating group) is 1. The Morgan fingerprint density at radius 1 is 1.29 bits per heavy atom. The summed E-state index contributed by atoms with van der Waals surface area (Å²) in [5, 5.41) is 2.93. The monoisotopic (exact) mass is 324 g/mol. The van der Waals surface area contributed by atoms with Crippen molar-refractivity contribution in [1.29, 1.82) is 0 Å². The van der Waals surface area contributed by atoms with Gasteiger partial charge in [-0.2, -0.15) is 0 Å². The van der Waals surface area contributed by atoms with Gasteiger partial charge in [0.05, 0.1) is 11.9 Å². The van der Waals surface area contributed by atoms with Gasteiger partial charge in [0, 0.05) is 25.2 Å². The lowest BCUT2D eigenvalue weighted by molar-refractivity contribution is 0.0948. The molecule has 3 rings (SSSR count). The molecule has 0 radical (unpaired) electrons. The molecule has 1 aromatic heterocycles. The number of hydrogen-bond donors (Lipinski definition) is 1. The van der Waals surface area contributed by atoms with Crippen molar-refractivity contribution in [2.45, 2.75) is 25.2 Å². The standard InChI is InChI=1S/C19H24N4O/c1-23-11-5-8-16(14-23)17-12-20-13-18(22-17)19(24)21-10-9-15-6-3-2-4-7-15/h2-4,6-7,12-13,16H,5,8-11,14H2,1H3,(H,21,24)/t16-/m0/s1.